The molecule has 7 nitrogen and oxygen atoms in total. The van der Waals surface area contributed by atoms with E-state index in [1.807, 2.05) is 52.8 Å². The molecule has 0 aliphatic carbocycles. The summed E-state index contributed by atoms with van der Waals surface area (Å²) in [5, 5.41) is 5.62. The van der Waals surface area contributed by atoms with E-state index in [4.69, 9.17) is 9.15 Å². The first-order valence-corrected chi connectivity index (χ1v) is 10.3. The number of anilines is 1. The molecule has 3 aromatic rings. The van der Waals surface area contributed by atoms with Gasteiger partial charge in [-0.3, -0.25) is 9.59 Å². The lowest BCUT2D eigenvalue weighted by atomic mass is 9.97. The lowest BCUT2D eigenvalue weighted by molar-refractivity contribution is -0.128. The van der Waals surface area contributed by atoms with Crippen molar-refractivity contribution in [3.63, 3.8) is 0 Å². The van der Waals surface area contributed by atoms with E-state index in [1.165, 1.54) is 0 Å². The molecule has 2 aromatic carbocycles. The smallest absolute Gasteiger partial charge is 0.258 e. The second-order valence-corrected chi connectivity index (χ2v) is 8.83. The van der Waals surface area contributed by atoms with E-state index in [1.54, 1.807) is 30.3 Å². The molecule has 0 saturated carbocycles. The molecule has 0 spiro atoms. The molecule has 3 rings (SSSR count). The molecule has 0 saturated heterocycles. The van der Waals surface area contributed by atoms with Gasteiger partial charge in [-0.05, 0) is 36.2 Å². The zero-order chi connectivity index (χ0) is 22.6. The molecule has 1 heterocycles. The van der Waals surface area contributed by atoms with Crippen molar-refractivity contribution in [1.82, 2.24) is 10.3 Å². The third-order valence-corrected chi connectivity index (χ3v) is 4.68. The van der Waals surface area contributed by atoms with Crippen molar-refractivity contribution in [1.29, 1.82) is 0 Å². The molecule has 164 valence electrons. The molecule has 0 aliphatic rings. The van der Waals surface area contributed by atoms with Gasteiger partial charge in [-0.2, -0.15) is 0 Å². The van der Waals surface area contributed by atoms with Crippen LogP contribution in [0.25, 0.3) is 11.1 Å². The number of hydrogen-bond acceptors (Lipinski definition) is 5. The number of aromatic nitrogens is 1. The van der Waals surface area contributed by atoms with Crippen LogP contribution in [-0.4, -0.2) is 29.4 Å². The lowest BCUT2D eigenvalue weighted by Crippen LogP contribution is -2.48. The average molecular weight is 424 g/mol. The number of fused-ring (bicyclic) bond motifs is 1. The molecule has 1 aromatic heterocycles. The summed E-state index contributed by atoms with van der Waals surface area (Å²) in [5.41, 5.74) is 1.71. The number of nitrogens with zero attached hydrogens (tertiary/aromatic N) is 1. The highest BCUT2D eigenvalue weighted by molar-refractivity contribution is 5.98. The Balaban J connectivity index is 1.65. The summed E-state index contributed by atoms with van der Waals surface area (Å²) in [4.78, 5) is 29.7. The number of carbonyl (C=O) groups excluding carboxylic acids is 2. The van der Waals surface area contributed by atoms with Crippen LogP contribution in [0.1, 0.15) is 40.5 Å². The number of hydrogen-bond donors (Lipinski definition) is 2. The van der Waals surface area contributed by atoms with Gasteiger partial charge in [0.2, 0.25) is 11.8 Å². The predicted octanol–water partition coefficient (Wildman–Crippen LogP) is 4.28. The highest BCUT2D eigenvalue weighted by Crippen LogP contribution is 2.27. The minimum absolute atomic E-state index is 0.107. The molecule has 2 amide bonds. The highest BCUT2D eigenvalue weighted by atomic mass is 16.5. The quantitative estimate of drug-likeness (QED) is 0.591. The van der Waals surface area contributed by atoms with Crippen LogP contribution in [-0.2, 0) is 15.0 Å². The fraction of sp³-hybridized carbons (Fsp3) is 0.375. The number of para-hydroxylation sites is 1. The van der Waals surface area contributed by atoms with E-state index >= 15 is 0 Å². The molecule has 0 fully saturated rings. The third-order valence-electron chi connectivity index (χ3n) is 4.68. The number of rotatable bonds is 7. The van der Waals surface area contributed by atoms with Crippen LogP contribution in [0.4, 0.5) is 5.69 Å². The van der Waals surface area contributed by atoms with Crippen molar-refractivity contribution in [2.75, 3.05) is 11.9 Å². The van der Waals surface area contributed by atoms with Crippen molar-refractivity contribution in [2.24, 2.45) is 5.92 Å². The van der Waals surface area contributed by atoms with Gasteiger partial charge in [-0.1, -0.05) is 52.8 Å². The predicted molar refractivity (Wildman–Crippen MR) is 120 cm³/mol. The number of ether oxygens (including phenoxy) is 1. The Labute approximate surface area is 182 Å². The second kappa shape index (κ2) is 9.20. The zero-order valence-corrected chi connectivity index (χ0v) is 18.6. The Kier molecular flexibility index (Phi) is 6.63. The van der Waals surface area contributed by atoms with Crippen molar-refractivity contribution < 1.29 is 18.7 Å². The summed E-state index contributed by atoms with van der Waals surface area (Å²) >= 11 is 0. The summed E-state index contributed by atoms with van der Waals surface area (Å²) in [6, 6.07) is 13.7. The monoisotopic (exact) mass is 423 g/mol. The minimum Gasteiger partial charge on any atom is -0.484 e. The van der Waals surface area contributed by atoms with Crippen molar-refractivity contribution >= 4 is 28.6 Å². The molecule has 0 radical (unpaired) electrons. The molecule has 0 aliphatic heterocycles. The summed E-state index contributed by atoms with van der Waals surface area (Å²) in [6.45, 7) is 9.66. The van der Waals surface area contributed by atoms with Crippen molar-refractivity contribution in [3.05, 3.63) is 54.4 Å². The number of carbonyl (C=O) groups is 2. The number of amides is 2. The van der Waals surface area contributed by atoms with Gasteiger partial charge in [0.1, 0.15) is 17.3 Å². The maximum Gasteiger partial charge on any atom is 0.258 e. The summed E-state index contributed by atoms with van der Waals surface area (Å²) < 4.78 is 11.3. The van der Waals surface area contributed by atoms with Gasteiger partial charge in [-0.25, -0.2) is 4.98 Å². The molecule has 31 heavy (non-hydrogen) atoms. The van der Waals surface area contributed by atoms with Crippen LogP contribution in [0.5, 0.6) is 5.75 Å². The second-order valence-electron chi connectivity index (χ2n) is 8.83. The largest absolute Gasteiger partial charge is 0.484 e. The van der Waals surface area contributed by atoms with E-state index in [9.17, 15) is 9.59 Å². The maximum absolute atomic E-state index is 12.9. The third kappa shape index (κ3) is 5.84. The van der Waals surface area contributed by atoms with Crippen molar-refractivity contribution in [2.45, 2.75) is 46.1 Å². The van der Waals surface area contributed by atoms with Gasteiger partial charge >= 0.3 is 0 Å². The van der Waals surface area contributed by atoms with Crippen LogP contribution in [0.2, 0.25) is 0 Å². The highest BCUT2D eigenvalue weighted by Gasteiger charge is 2.25. The Hall–Kier alpha value is -3.35. The molecular weight excluding hydrogens is 394 g/mol. The van der Waals surface area contributed by atoms with Crippen LogP contribution < -0.4 is 15.4 Å². The molecule has 2 N–H and O–H groups in total. The Morgan fingerprint density at radius 3 is 2.45 bits per heavy atom. The fourth-order valence-electron chi connectivity index (χ4n) is 2.96. The maximum atomic E-state index is 12.9. The first kappa shape index (κ1) is 22.3. The van der Waals surface area contributed by atoms with Gasteiger partial charge in [0.15, 0.2) is 12.2 Å². The molecule has 7 heteroatoms. The minimum atomic E-state index is -0.704. The van der Waals surface area contributed by atoms with Gasteiger partial charge in [0.25, 0.3) is 5.91 Å². The van der Waals surface area contributed by atoms with Gasteiger partial charge in [-0.15, -0.1) is 0 Å². The van der Waals surface area contributed by atoms with E-state index in [0.717, 1.165) is 0 Å². The summed E-state index contributed by atoms with van der Waals surface area (Å²) in [7, 11) is 0. The first-order valence-electron chi connectivity index (χ1n) is 10.3. The van der Waals surface area contributed by atoms with Gasteiger partial charge < -0.3 is 19.8 Å². The molecular formula is C24H29N3O4. The Morgan fingerprint density at radius 2 is 1.81 bits per heavy atom. The zero-order valence-electron chi connectivity index (χ0n) is 18.6. The van der Waals surface area contributed by atoms with E-state index in [-0.39, 0.29) is 29.8 Å². The molecule has 0 bridgehead atoms. The van der Waals surface area contributed by atoms with E-state index in [2.05, 4.69) is 15.6 Å². The number of nitrogens with one attached hydrogen (secondary N) is 2. The SMILES string of the molecule is CC(C)C(NC(=O)COc1ccccc1)C(=O)Nc1ccc2oc(C(C)(C)C)nc2c1. The van der Waals surface area contributed by atoms with Gasteiger partial charge in [0, 0.05) is 11.1 Å². The van der Waals surface area contributed by atoms with Gasteiger partial charge in [0.05, 0.1) is 0 Å². The molecule has 1 unspecified atom stereocenters. The van der Waals surface area contributed by atoms with Crippen LogP contribution in [0.3, 0.4) is 0 Å². The van der Waals surface area contributed by atoms with Crippen molar-refractivity contribution in [3.8, 4) is 5.75 Å². The standard InChI is InChI=1S/C24H29N3O4/c1-15(2)21(27-20(28)14-30-17-9-7-6-8-10-17)22(29)25-16-11-12-19-18(13-16)26-23(31-19)24(3,4)5/h6-13,15,21H,14H2,1-5H3,(H,25,29)(H,27,28). The van der Waals surface area contributed by atoms with E-state index in [0.29, 0.717) is 28.4 Å². The summed E-state index contributed by atoms with van der Waals surface area (Å²) in [5.74, 6) is 0.459. The first-order chi connectivity index (χ1) is 14.6. The van der Waals surface area contributed by atoms with Crippen LogP contribution in [0, 0.1) is 5.92 Å². The normalized spacial score (nSPS) is 12.6. The van der Waals surface area contributed by atoms with Crippen LogP contribution >= 0.6 is 0 Å². The number of benzene rings is 2. The topological polar surface area (TPSA) is 93.5 Å². The fourth-order valence-corrected chi connectivity index (χ4v) is 2.96. The lowest BCUT2D eigenvalue weighted by Gasteiger charge is -2.21. The Morgan fingerprint density at radius 1 is 1.10 bits per heavy atom. The average Bonchev–Trinajstić information content (AvgIpc) is 3.15. The number of oxazole rings is 1. The van der Waals surface area contributed by atoms with E-state index < -0.39 is 6.04 Å². The van der Waals surface area contributed by atoms with Crippen LogP contribution in [0.15, 0.2) is 52.9 Å². The summed E-state index contributed by atoms with van der Waals surface area (Å²) in [6.07, 6.45) is 0. The molecule has 1 atom stereocenters. The Bertz CT molecular complexity index is 1050.